The molecule has 90 valence electrons. The molecule has 1 N–H and O–H groups in total. The van der Waals surface area contributed by atoms with Crippen LogP contribution >= 0.6 is 0 Å². The summed E-state index contributed by atoms with van der Waals surface area (Å²) in [5, 5.41) is 12.0. The maximum Gasteiger partial charge on any atom is 0.137 e. The monoisotopic (exact) mass is 222 g/mol. The Hall–Kier alpha value is -0.900. The van der Waals surface area contributed by atoms with Gasteiger partial charge in [-0.25, -0.2) is 0 Å². The molecule has 4 nitrogen and oxygen atoms in total. The quantitative estimate of drug-likeness (QED) is 0.843. The van der Waals surface area contributed by atoms with Gasteiger partial charge < -0.3 is 9.88 Å². The van der Waals surface area contributed by atoms with Crippen LogP contribution in [0.1, 0.15) is 44.3 Å². The van der Waals surface area contributed by atoms with Crippen molar-refractivity contribution < 1.29 is 0 Å². The average Bonchev–Trinajstić information content (AvgIpc) is 2.83. The predicted molar refractivity (Wildman–Crippen MR) is 64.4 cm³/mol. The van der Waals surface area contributed by atoms with Crippen LogP contribution in [0.15, 0.2) is 0 Å². The molecule has 0 amide bonds. The summed E-state index contributed by atoms with van der Waals surface area (Å²) in [6.45, 7) is 9.80. The molecule has 1 aliphatic heterocycles. The van der Waals surface area contributed by atoms with Crippen LogP contribution in [-0.4, -0.2) is 27.9 Å². The molecule has 2 rings (SSSR count). The molecule has 1 aromatic rings. The maximum atomic E-state index is 4.35. The molecule has 1 saturated heterocycles. The third-order valence-electron chi connectivity index (χ3n) is 3.32. The smallest absolute Gasteiger partial charge is 0.137 e. The lowest BCUT2D eigenvalue weighted by Crippen LogP contribution is -2.14. The lowest BCUT2D eigenvalue weighted by atomic mass is 10.1. The first-order valence-corrected chi connectivity index (χ1v) is 6.29. The molecule has 16 heavy (non-hydrogen) atoms. The fourth-order valence-electron chi connectivity index (χ4n) is 2.24. The molecule has 1 aromatic heterocycles. The van der Waals surface area contributed by atoms with Crippen LogP contribution in [0.3, 0.4) is 0 Å². The molecule has 1 atom stereocenters. The number of hydrogen-bond donors (Lipinski definition) is 1. The summed E-state index contributed by atoms with van der Waals surface area (Å²) in [6, 6.07) is 0. The highest BCUT2D eigenvalue weighted by Crippen LogP contribution is 2.21. The maximum absolute atomic E-state index is 4.35. The van der Waals surface area contributed by atoms with E-state index in [9.17, 15) is 0 Å². The third kappa shape index (κ3) is 2.43. The lowest BCUT2D eigenvalue weighted by molar-refractivity contribution is 0.488. The Kier molecular flexibility index (Phi) is 3.59. The second kappa shape index (κ2) is 4.95. The fourth-order valence-corrected chi connectivity index (χ4v) is 2.24. The van der Waals surface area contributed by atoms with Crippen LogP contribution in [0.5, 0.6) is 0 Å². The molecule has 4 heteroatoms. The van der Waals surface area contributed by atoms with Crippen LogP contribution in [0.2, 0.25) is 0 Å². The van der Waals surface area contributed by atoms with Gasteiger partial charge in [-0.1, -0.05) is 13.8 Å². The first-order valence-electron chi connectivity index (χ1n) is 6.29. The summed E-state index contributed by atoms with van der Waals surface area (Å²) in [6.07, 6.45) is 2.39. The zero-order valence-corrected chi connectivity index (χ0v) is 10.5. The highest BCUT2D eigenvalue weighted by atomic mass is 15.3. The van der Waals surface area contributed by atoms with Crippen molar-refractivity contribution in [2.75, 3.05) is 13.1 Å². The molecule has 0 spiro atoms. The molecule has 0 radical (unpaired) electrons. The topological polar surface area (TPSA) is 42.7 Å². The Bertz CT molecular complexity index is 337. The van der Waals surface area contributed by atoms with Gasteiger partial charge >= 0.3 is 0 Å². The van der Waals surface area contributed by atoms with E-state index >= 15 is 0 Å². The highest BCUT2D eigenvalue weighted by molar-refractivity contribution is 5.04. The summed E-state index contributed by atoms with van der Waals surface area (Å²) in [5.74, 6) is 3.54. The third-order valence-corrected chi connectivity index (χ3v) is 3.32. The molecular weight excluding hydrogens is 200 g/mol. The Morgan fingerprint density at radius 1 is 1.44 bits per heavy atom. The lowest BCUT2D eigenvalue weighted by Gasteiger charge is -2.13. The van der Waals surface area contributed by atoms with E-state index in [1.54, 1.807) is 0 Å². The summed E-state index contributed by atoms with van der Waals surface area (Å²) < 4.78 is 2.30. The minimum Gasteiger partial charge on any atom is -0.316 e. The Morgan fingerprint density at radius 3 is 2.88 bits per heavy atom. The Labute approximate surface area is 97.5 Å². The van der Waals surface area contributed by atoms with Gasteiger partial charge in [0.15, 0.2) is 0 Å². The molecule has 0 bridgehead atoms. The van der Waals surface area contributed by atoms with Gasteiger partial charge in [0.05, 0.1) is 0 Å². The standard InChI is InChI=1S/C12H22N4/c1-9(2)5-7-16-10(3)14-15-12(16)11-4-6-13-8-11/h9,11,13H,4-8H2,1-3H3. The van der Waals surface area contributed by atoms with Crippen LogP contribution in [-0.2, 0) is 6.54 Å². The van der Waals surface area contributed by atoms with Crippen molar-refractivity contribution in [3.05, 3.63) is 11.6 Å². The van der Waals surface area contributed by atoms with Crippen LogP contribution < -0.4 is 5.32 Å². The number of rotatable bonds is 4. The molecule has 1 fully saturated rings. The largest absolute Gasteiger partial charge is 0.316 e. The fraction of sp³-hybridized carbons (Fsp3) is 0.833. The molecule has 0 aromatic carbocycles. The van der Waals surface area contributed by atoms with Gasteiger partial charge in [-0.05, 0) is 32.2 Å². The van der Waals surface area contributed by atoms with Gasteiger partial charge in [0.25, 0.3) is 0 Å². The van der Waals surface area contributed by atoms with Crippen LogP contribution in [0.4, 0.5) is 0 Å². The van der Waals surface area contributed by atoms with Crippen molar-refractivity contribution in [3.8, 4) is 0 Å². The predicted octanol–water partition coefficient (Wildman–Crippen LogP) is 1.71. The molecular formula is C12H22N4. The SMILES string of the molecule is Cc1nnc(C2CCNC2)n1CCC(C)C. The van der Waals surface area contributed by atoms with Crippen molar-refractivity contribution in [2.24, 2.45) is 5.92 Å². The molecule has 0 aliphatic carbocycles. The van der Waals surface area contributed by atoms with Gasteiger partial charge in [-0.2, -0.15) is 0 Å². The number of aryl methyl sites for hydroxylation is 1. The Morgan fingerprint density at radius 2 is 2.25 bits per heavy atom. The summed E-state index contributed by atoms with van der Waals surface area (Å²) >= 11 is 0. The zero-order chi connectivity index (χ0) is 11.5. The highest BCUT2D eigenvalue weighted by Gasteiger charge is 2.23. The Balaban J connectivity index is 2.11. The summed E-state index contributed by atoms with van der Waals surface area (Å²) in [5.41, 5.74) is 0. The molecule has 0 saturated carbocycles. The van der Waals surface area contributed by atoms with Crippen LogP contribution in [0.25, 0.3) is 0 Å². The number of aromatic nitrogens is 3. The normalized spacial score (nSPS) is 20.9. The zero-order valence-electron chi connectivity index (χ0n) is 10.5. The number of nitrogens with one attached hydrogen (secondary N) is 1. The second-order valence-corrected chi connectivity index (χ2v) is 5.13. The first-order chi connectivity index (χ1) is 7.68. The van der Waals surface area contributed by atoms with Crippen molar-refractivity contribution >= 4 is 0 Å². The van der Waals surface area contributed by atoms with Gasteiger partial charge in [0.2, 0.25) is 0 Å². The molecule has 1 aliphatic rings. The van der Waals surface area contributed by atoms with E-state index in [2.05, 4.69) is 40.9 Å². The second-order valence-electron chi connectivity index (χ2n) is 5.13. The van der Waals surface area contributed by atoms with Crippen LogP contribution in [0, 0.1) is 12.8 Å². The van der Waals surface area contributed by atoms with Crippen molar-refractivity contribution in [1.29, 1.82) is 0 Å². The van der Waals surface area contributed by atoms with E-state index < -0.39 is 0 Å². The summed E-state index contributed by atoms with van der Waals surface area (Å²) in [4.78, 5) is 0. The summed E-state index contributed by atoms with van der Waals surface area (Å²) in [7, 11) is 0. The van der Waals surface area contributed by atoms with E-state index in [4.69, 9.17) is 0 Å². The van der Waals surface area contributed by atoms with Gasteiger partial charge in [0.1, 0.15) is 11.6 Å². The van der Waals surface area contributed by atoms with E-state index in [0.29, 0.717) is 5.92 Å². The van der Waals surface area contributed by atoms with E-state index in [-0.39, 0.29) is 0 Å². The van der Waals surface area contributed by atoms with Gasteiger partial charge in [-0.15, -0.1) is 10.2 Å². The first kappa shape index (κ1) is 11.6. The average molecular weight is 222 g/mol. The number of nitrogens with zero attached hydrogens (tertiary/aromatic N) is 3. The molecule has 1 unspecified atom stereocenters. The van der Waals surface area contributed by atoms with Crippen molar-refractivity contribution in [2.45, 2.75) is 46.1 Å². The minimum absolute atomic E-state index is 0.563. The van der Waals surface area contributed by atoms with E-state index in [1.165, 1.54) is 18.7 Å². The van der Waals surface area contributed by atoms with Crippen molar-refractivity contribution in [1.82, 2.24) is 20.1 Å². The van der Waals surface area contributed by atoms with Crippen molar-refractivity contribution in [3.63, 3.8) is 0 Å². The molecule has 2 heterocycles. The van der Waals surface area contributed by atoms with E-state index in [1.807, 2.05) is 0 Å². The van der Waals surface area contributed by atoms with Gasteiger partial charge in [0, 0.05) is 19.0 Å². The minimum atomic E-state index is 0.563. The van der Waals surface area contributed by atoms with E-state index in [0.717, 1.165) is 31.4 Å². The van der Waals surface area contributed by atoms with Gasteiger partial charge in [-0.3, -0.25) is 0 Å². The number of hydrogen-bond acceptors (Lipinski definition) is 3.